The quantitative estimate of drug-likeness (QED) is 0.428. The summed E-state index contributed by atoms with van der Waals surface area (Å²) in [6.45, 7) is 5.63. The van der Waals surface area contributed by atoms with Crippen LogP contribution in [0.15, 0.2) is 48.2 Å². The minimum Gasteiger partial charge on any atom is -0.426 e. The van der Waals surface area contributed by atoms with Crippen LogP contribution in [0.2, 0.25) is 0 Å². The minimum atomic E-state index is -0.259. The average molecular weight is 216 g/mol. The van der Waals surface area contributed by atoms with Crippen molar-refractivity contribution in [3.63, 3.8) is 0 Å². The first-order valence-electron chi connectivity index (χ1n) is 5.39. The van der Waals surface area contributed by atoms with E-state index in [1.54, 1.807) is 12.1 Å². The molecular weight excluding hydrogens is 200 g/mol. The Morgan fingerprint density at radius 3 is 2.62 bits per heavy atom. The van der Waals surface area contributed by atoms with E-state index in [2.05, 4.69) is 19.2 Å². The number of rotatable bonds is 5. The van der Waals surface area contributed by atoms with Gasteiger partial charge in [-0.1, -0.05) is 38.1 Å². The molecule has 1 aromatic rings. The van der Waals surface area contributed by atoms with Gasteiger partial charge in [0, 0.05) is 0 Å². The zero-order chi connectivity index (χ0) is 11.8. The lowest BCUT2D eigenvalue weighted by molar-refractivity contribution is -0.133. The number of benzene rings is 1. The van der Waals surface area contributed by atoms with Crippen molar-refractivity contribution in [2.45, 2.75) is 26.2 Å². The third-order valence-corrected chi connectivity index (χ3v) is 2.13. The fourth-order valence-electron chi connectivity index (χ4n) is 1.37. The molecule has 0 saturated carbocycles. The van der Waals surface area contributed by atoms with E-state index >= 15 is 0 Å². The van der Waals surface area contributed by atoms with Gasteiger partial charge < -0.3 is 4.74 Å². The van der Waals surface area contributed by atoms with E-state index in [0.717, 1.165) is 18.4 Å². The van der Waals surface area contributed by atoms with E-state index in [-0.39, 0.29) is 12.4 Å². The number of para-hydroxylation sites is 1. The molecule has 2 heteroatoms. The highest BCUT2D eigenvalue weighted by molar-refractivity contribution is 5.74. The molecule has 16 heavy (non-hydrogen) atoms. The third-order valence-electron chi connectivity index (χ3n) is 2.13. The Hall–Kier alpha value is -1.79. The third kappa shape index (κ3) is 4.16. The summed E-state index contributed by atoms with van der Waals surface area (Å²) in [7, 11) is 0. The number of hydrogen-bond acceptors (Lipinski definition) is 2. The van der Waals surface area contributed by atoms with Crippen LogP contribution in [0.3, 0.4) is 0 Å². The van der Waals surface area contributed by atoms with E-state index in [1.807, 2.05) is 18.2 Å². The first-order valence-corrected chi connectivity index (χ1v) is 5.39. The molecule has 1 aromatic carbocycles. The highest BCUT2D eigenvalue weighted by Crippen LogP contribution is 2.13. The molecule has 0 amide bonds. The molecule has 0 heterocycles. The van der Waals surface area contributed by atoms with Gasteiger partial charge in [0.15, 0.2) is 0 Å². The summed E-state index contributed by atoms with van der Waals surface area (Å²) in [5.74, 6) is 0.318. The van der Waals surface area contributed by atoms with Crippen molar-refractivity contribution in [3.8, 4) is 5.75 Å². The lowest BCUT2D eigenvalue weighted by Gasteiger charge is -2.04. The molecule has 0 radical (unpaired) electrons. The molecule has 0 N–H and O–H groups in total. The van der Waals surface area contributed by atoms with Crippen molar-refractivity contribution in [1.82, 2.24) is 0 Å². The van der Waals surface area contributed by atoms with Crippen molar-refractivity contribution in [1.29, 1.82) is 0 Å². The van der Waals surface area contributed by atoms with Crippen molar-refractivity contribution >= 4 is 5.97 Å². The van der Waals surface area contributed by atoms with Crippen LogP contribution in [0.5, 0.6) is 5.75 Å². The maximum absolute atomic E-state index is 11.5. The average Bonchev–Trinajstić information content (AvgIpc) is 2.29. The molecule has 1 rings (SSSR count). The van der Waals surface area contributed by atoms with Crippen LogP contribution >= 0.6 is 0 Å². The Morgan fingerprint density at radius 2 is 2.06 bits per heavy atom. The van der Waals surface area contributed by atoms with Gasteiger partial charge in [-0.2, -0.15) is 0 Å². The van der Waals surface area contributed by atoms with Gasteiger partial charge in [-0.15, -0.1) is 5.73 Å². The fraction of sp³-hybridized carbons (Fsp3) is 0.286. The Bertz CT molecular complexity index is 386. The first-order chi connectivity index (χ1) is 7.76. The molecule has 0 aliphatic heterocycles. The zero-order valence-corrected chi connectivity index (χ0v) is 9.53. The van der Waals surface area contributed by atoms with Gasteiger partial charge in [-0.3, -0.25) is 4.79 Å². The molecule has 0 bridgehead atoms. The van der Waals surface area contributed by atoms with Gasteiger partial charge in [0.05, 0.1) is 6.42 Å². The van der Waals surface area contributed by atoms with Crippen LogP contribution in [0.25, 0.3) is 0 Å². The first kappa shape index (κ1) is 12.3. The van der Waals surface area contributed by atoms with Crippen LogP contribution in [0, 0.1) is 0 Å². The van der Waals surface area contributed by atoms with Crippen LogP contribution in [-0.2, 0) is 4.79 Å². The molecule has 0 fully saturated rings. The Labute approximate surface area is 96.2 Å². The monoisotopic (exact) mass is 216 g/mol. The standard InChI is InChI=1S/C14H16O2/c1-3-8-12(4-2)11-14(15)16-13-9-6-5-7-10-13/h5-7,9-10H,2-3,8,11H2,1H3. The van der Waals surface area contributed by atoms with Gasteiger partial charge in [0.25, 0.3) is 0 Å². The molecule has 0 unspecified atom stereocenters. The van der Waals surface area contributed by atoms with Crippen molar-refractivity contribution in [2.24, 2.45) is 0 Å². The van der Waals surface area contributed by atoms with Gasteiger partial charge in [-0.25, -0.2) is 0 Å². The van der Waals surface area contributed by atoms with Crippen molar-refractivity contribution in [3.05, 3.63) is 48.2 Å². The summed E-state index contributed by atoms with van der Waals surface area (Å²) in [4.78, 5) is 11.5. The summed E-state index contributed by atoms with van der Waals surface area (Å²) in [5, 5.41) is 0. The lowest BCUT2D eigenvalue weighted by Crippen LogP contribution is -2.08. The smallest absolute Gasteiger partial charge is 0.315 e. The zero-order valence-electron chi connectivity index (χ0n) is 9.53. The normalized spacial score (nSPS) is 9.31. The van der Waals surface area contributed by atoms with Crippen LogP contribution in [0.4, 0.5) is 0 Å². The Kier molecular flexibility index (Phi) is 5.10. The molecule has 0 atom stereocenters. The maximum Gasteiger partial charge on any atom is 0.315 e. The van der Waals surface area contributed by atoms with Crippen LogP contribution in [0.1, 0.15) is 26.2 Å². The van der Waals surface area contributed by atoms with E-state index in [0.29, 0.717) is 5.75 Å². The predicted octanol–water partition coefficient (Wildman–Crippen LogP) is 3.49. The van der Waals surface area contributed by atoms with Crippen LogP contribution in [-0.4, -0.2) is 5.97 Å². The fourth-order valence-corrected chi connectivity index (χ4v) is 1.37. The summed E-state index contributed by atoms with van der Waals surface area (Å²) >= 11 is 0. The SMILES string of the molecule is C=C=C(CCC)CC(=O)Oc1ccccc1. The molecule has 2 nitrogen and oxygen atoms in total. The summed E-state index contributed by atoms with van der Waals surface area (Å²) < 4.78 is 5.17. The van der Waals surface area contributed by atoms with E-state index in [9.17, 15) is 4.79 Å². The Morgan fingerprint density at radius 1 is 1.38 bits per heavy atom. The highest BCUT2D eigenvalue weighted by Gasteiger charge is 2.07. The Balaban J connectivity index is 2.51. The van der Waals surface area contributed by atoms with Gasteiger partial charge in [-0.05, 0) is 24.1 Å². The van der Waals surface area contributed by atoms with E-state index in [1.165, 1.54) is 0 Å². The molecule has 0 aliphatic carbocycles. The maximum atomic E-state index is 11.5. The topological polar surface area (TPSA) is 26.3 Å². The summed E-state index contributed by atoms with van der Waals surface area (Å²) in [5.41, 5.74) is 3.69. The number of hydrogen-bond donors (Lipinski definition) is 0. The lowest BCUT2D eigenvalue weighted by atomic mass is 10.1. The van der Waals surface area contributed by atoms with Crippen molar-refractivity contribution < 1.29 is 9.53 Å². The van der Waals surface area contributed by atoms with Gasteiger partial charge in [0.1, 0.15) is 5.75 Å². The predicted molar refractivity (Wildman–Crippen MR) is 64.3 cm³/mol. The van der Waals surface area contributed by atoms with Crippen LogP contribution < -0.4 is 4.74 Å². The number of esters is 1. The van der Waals surface area contributed by atoms with Gasteiger partial charge in [0.2, 0.25) is 0 Å². The van der Waals surface area contributed by atoms with Gasteiger partial charge >= 0.3 is 5.97 Å². The van der Waals surface area contributed by atoms with E-state index < -0.39 is 0 Å². The van der Waals surface area contributed by atoms with E-state index in [4.69, 9.17) is 4.74 Å². The number of ether oxygens (including phenoxy) is 1. The molecule has 0 aromatic heterocycles. The molecule has 0 spiro atoms. The number of carbonyl (C=O) groups is 1. The molecule has 0 aliphatic rings. The second-order valence-corrected chi connectivity index (χ2v) is 3.49. The minimum absolute atomic E-state index is 0.259. The molecule has 84 valence electrons. The summed E-state index contributed by atoms with van der Waals surface area (Å²) in [6.07, 6.45) is 2.09. The molecular formula is C14H16O2. The second kappa shape index (κ2) is 6.65. The largest absolute Gasteiger partial charge is 0.426 e. The highest BCUT2D eigenvalue weighted by atomic mass is 16.5. The van der Waals surface area contributed by atoms with Crippen molar-refractivity contribution in [2.75, 3.05) is 0 Å². The number of carbonyl (C=O) groups excluding carboxylic acids is 1. The summed E-state index contributed by atoms with van der Waals surface area (Å²) in [6, 6.07) is 9.06. The second-order valence-electron chi connectivity index (χ2n) is 3.49. The molecule has 0 saturated heterocycles.